The minimum atomic E-state index is -0.514. The third kappa shape index (κ3) is 3.75. The van der Waals surface area contributed by atoms with Crippen LogP contribution in [0.25, 0.3) is 5.69 Å². The quantitative estimate of drug-likeness (QED) is 0.647. The molecule has 0 unspecified atom stereocenters. The van der Waals surface area contributed by atoms with E-state index in [0.717, 1.165) is 67.8 Å². The molecule has 1 saturated heterocycles. The van der Waals surface area contributed by atoms with E-state index in [-0.39, 0.29) is 5.91 Å². The molecule has 1 aliphatic heterocycles. The number of anilines is 2. The molecular weight excluding hydrogens is 402 g/mol. The van der Waals surface area contributed by atoms with Crippen molar-refractivity contribution in [2.75, 3.05) is 23.3 Å². The molecular formula is C25H27N5O2. The summed E-state index contributed by atoms with van der Waals surface area (Å²) in [4.78, 5) is 27.5. The number of rotatable bonds is 5. The zero-order chi connectivity index (χ0) is 22.1. The number of primary amides is 1. The van der Waals surface area contributed by atoms with E-state index in [9.17, 15) is 9.59 Å². The predicted molar refractivity (Wildman–Crippen MR) is 125 cm³/mol. The molecule has 0 spiro atoms. The van der Waals surface area contributed by atoms with E-state index < -0.39 is 5.91 Å². The Morgan fingerprint density at radius 3 is 2.47 bits per heavy atom. The van der Waals surface area contributed by atoms with Gasteiger partial charge in [-0.15, -0.1) is 0 Å². The van der Waals surface area contributed by atoms with Crippen LogP contribution in [0.1, 0.15) is 57.8 Å². The van der Waals surface area contributed by atoms with Crippen molar-refractivity contribution >= 4 is 23.2 Å². The van der Waals surface area contributed by atoms with Gasteiger partial charge in [-0.25, -0.2) is 4.68 Å². The molecule has 1 aliphatic carbocycles. The van der Waals surface area contributed by atoms with Gasteiger partial charge in [0.05, 0.1) is 17.1 Å². The lowest BCUT2D eigenvalue weighted by Crippen LogP contribution is -2.30. The SMILES string of the molecule is NC(=O)c1ccc(N2CCCCC2)c(NC(=O)c2nn(-c3ccccc3)c3c2CCC3)c1. The molecule has 3 aromatic rings. The van der Waals surface area contributed by atoms with Gasteiger partial charge in [0.25, 0.3) is 5.91 Å². The van der Waals surface area contributed by atoms with Crippen molar-refractivity contribution in [2.45, 2.75) is 38.5 Å². The largest absolute Gasteiger partial charge is 0.370 e. The number of nitrogens with one attached hydrogen (secondary N) is 1. The fourth-order valence-corrected chi connectivity index (χ4v) is 4.78. The van der Waals surface area contributed by atoms with Crippen LogP contribution in [0.2, 0.25) is 0 Å². The van der Waals surface area contributed by atoms with Crippen molar-refractivity contribution in [1.82, 2.24) is 9.78 Å². The number of aromatic nitrogens is 2. The Labute approximate surface area is 187 Å². The Morgan fingerprint density at radius 2 is 1.72 bits per heavy atom. The number of amides is 2. The Morgan fingerprint density at radius 1 is 0.938 bits per heavy atom. The van der Waals surface area contributed by atoms with Crippen LogP contribution < -0.4 is 16.0 Å². The Balaban J connectivity index is 1.50. The van der Waals surface area contributed by atoms with E-state index in [2.05, 4.69) is 10.2 Å². The highest BCUT2D eigenvalue weighted by Crippen LogP contribution is 2.32. The lowest BCUT2D eigenvalue weighted by molar-refractivity contribution is 0.0995. The maximum atomic E-state index is 13.4. The van der Waals surface area contributed by atoms with Crippen molar-refractivity contribution in [3.05, 3.63) is 71.0 Å². The highest BCUT2D eigenvalue weighted by atomic mass is 16.2. The van der Waals surface area contributed by atoms with Gasteiger partial charge in [0, 0.05) is 29.9 Å². The van der Waals surface area contributed by atoms with Gasteiger partial charge >= 0.3 is 0 Å². The smallest absolute Gasteiger partial charge is 0.276 e. The van der Waals surface area contributed by atoms with Crippen LogP contribution in [0.5, 0.6) is 0 Å². The van der Waals surface area contributed by atoms with E-state index in [0.29, 0.717) is 16.9 Å². The summed E-state index contributed by atoms with van der Waals surface area (Å²) in [7, 11) is 0. The van der Waals surface area contributed by atoms with Crippen molar-refractivity contribution < 1.29 is 9.59 Å². The lowest BCUT2D eigenvalue weighted by Gasteiger charge is -2.30. The number of carbonyl (C=O) groups excluding carboxylic acids is 2. The number of hydrogen-bond acceptors (Lipinski definition) is 4. The van der Waals surface area contributed by atoms with Crippen LogP contribution in [-0.2, 0) is 12.8 Å². The second-order valence-corrected chi connectivity index (χ2v) is 8.47. The number of nitrogens with two attached hydrogens (primary N) is 1. The second kappa shape index (κ2) is 8.49. The predicted octanol–water partition coefficient (Wildman–Crippen LogP) is 3.70. The summed E-state index contributed by atoms with van der Waals surface area (Å²) in [6, 6.07) is 15.2. The molecule has 0 atom stereocenters. The number of benzene rings is 2. The van der Waals surface area contributed by atoms with E-state index in [1.54, 1.807) is 12.1 Å². The fourth-order valence-electron chi connectivity index (χ4n) is 4.78. The average molecular weight is 430 g/mol. The third-order valence-corrected chi connectivity index (χ3v) is 6.37. The molecule has 2 aliphatic rings. The molecule has 1 fully saturated rings. The third-order valence-electron chi connectivity index (χ3n) is 6.37. The second-order valence-electron chi connectivity index (χ2n) is 8.47. The Hall–Kier alpha value is -3.61. The summed E-state index contributed by atoms with van der Waals surface area (Å²) < 4.78 is 1.89. The Kier molecular flexibility index (Phi) is 5.39. The van der Waals surface area contributed by atoms with Gasteiger partial charge in [-0.2, -0.15) is 5.10 Å². The normalized spacial score (nSPS) is 15.4. The van der Waals surface area contributed by atoms with Crippen LogP contribution in [0, 0.1) is 0 Å². The Bertz CT molecular complexity index is 1160. The molecule has 1 aromatic heterocycles. The average Bonchev–Trinajstić information content (AvgIpc) is 3.43. The topological polar surface area (TPSA) is 93.2 Å². The van der Waals surface area contributed by atoms with Crippen LogP contribution in [-0.4, -0.2) is 34.7 Å². The number of piperidine rings is 1. The molecule has 164 valence electrons. The summed E-state index contributed by atoms with van der Waals surface area (Å²) in [6.45, 7) is 1.85. The van der Waals surface area contributed by atoms with Crippen LogP contribution >= 0.6 is 0 Å². The lowest BCUT2D eigenvalue weighted by atomic mass is 10.1. The molecule has 0 bridgehead atoms. The summed E-state index contributed by atoms with van der Waals surface area (Å²) in [5.41, 5.74) is 10.9. The first-order valence-electron chi connectivity index (χ1n) is 11.3. The molecule has 5 rings (SSSR count). The van der Waals surface area contributed by atoms with Gasteiger partial charge in [-0.3, -0.25) is 9.59 Å². The maximum Gasteiger partial charge on any atom is 0.276 e. The van der Waals surface area contributed by atoms with Crippen molar-refractivity contribution in [2.24, 2.45) is 5.73 Å². The first-order valence-corrected chi connectivity index (χ1v) is 11.3. The van der Waals surface area contributed by atoms with E-state index in [1.807, 2.05) is 41.1 Å². The van der Waals surface area contributed by atoms with Crippen LogP contribution in [0.3, 0.4) is 0 Å². The standard InChI is InChI=1S/C25H27N5O2/c26-24(31)17-12-13-22(29-14-5-2-6-15-29)20(16-17)27-25(32)23-19-10-7-11-21(19)30(28-23)18-8-3-1-4-9-18/h1,3-4,8-9,12-13,16H,2,5-7,10-11,14-15H2,(H2,26,31)(H,27,32). The highest BCUT2D eigenvalue weighted by Gasteiger charge is 2.28. The molecule has 3 N–H and O–H groups in total. The van der Waals surface area contributed by atoms with Crippen LogP contribution in [0.15, 0.2) is 48.5 Å². The zero-order valence-electron chi connectivity index (χ0n) is 18.0. The monoisotopic (exact) mass is 429 g/mol. The van der Waals surface area contributed by atoms with E-state index in [1.165, 1.54) is 6.42 Å². The molecule has 2 heterocycles. The first kappa shape index (κ1) is 20.3. The number of para-hydroxylation sites is 1. The molecule has 0 radical (unpaired) electrons. The summed E-state index contributed by atoms with van der Waals surface area (Å²) >= 11 is 0. The van der Waals surface area contributed by atoms with Gasteiger partial charge in [-0.1, -0.05) is 18.2 Å². The maximum absolute atomic E-state index is 13.4. The van der Waals surface area contributed by atoms with Gasteiger partial charge in [0.2, 0.25) is 5.91 Å². The molecule has 7 heteroatoms. The molecule has 2 amide bonds. The minimum Gasteiger partial charge on any atom is -0.370 e. The molecule has 7 nitrogen and oxygen atoms in total. The summed E-state index contributed by atoms with van der Waals surface area (Å²) in [6.07, 6.45) is 6.18. The zero-order valence-corrected chi connectivity index (χ0v) is 18.0. The number of hydrogen-bond donors (Lipinski definition) is 2. The fraction of sp³-hybridized carbons (Fsp3) is 0.320. The van der Waals surface area contributed by atoms with Crippen molar-refractivity contribution in [3.8, 4) is 5.69 Å². The van der Waals surface area contributed by atoms with Crippen molar-refractivity contribution in [3.63, 3.8) is 0 Å². The van der Waals surface area contributed by atoms with Gasteiger partial charge in [-0.05, 0) is 68.9 Å². The number of fused-ring (bicyclic) bond motifs is 1. The first-order chi connectivity index (χ1) is 15.6. The van der Waals surface area contributed by atoms with Gasteiger partial charge < -0.3 is 16.0 Å². The van der Waals surface area contributed by atoms with Crippen LogP contribution in [0.4, 0.5) is 11.4 Å². The van der Waals surface area contributed by atoms with E-state index in [4.69, 9.17) is 10.8 Å². The van der Waals surface area contributed by atoms with E-state index >= 15 is 0 Å². The molecule has 32 heavy (non-hydrogen) atoms. The van der Waals surface area contributed by atoms with Gasteiger partial charge in [0.15, 0.2) is 5.69 Å². The van der Waals surface area contributed by atoms with Crippen molar-refractivity contribution in [1.29, 1.82) is 0 Å². The summed E-state index contributed by atoms with van der Waals surface area (Å²) in [5.74, 6) is -0.766. The number of nitrogens with zero attached hydrogens (tertiary/aromatic N) is 3. The summed E-state index contributed by atoms with van der Waals surface area (Å²) in [5, 5.41) is 7.75. The molecule has 0 saturated carbocycles. The number of carbonyl (C=O) groups is 2. The highest BCUT2D eigenvalue weighted by molar-refractivity contribution is 6.07. The van der Waals surface area contributed by atoms with Gasteiger partial charge in [0.1, 0.15) is 0 Å². The minimum absolute atomic E-state index is 0.252. The molecule has 2 aromatic carbocycles.